The van der Waals surface area contributed by atoms with Crippen LogP contribution in [0.5, 0.6) is 0 Å². The van der Waals surface area contributed by atoms with Crippen LogP contribution >= 0.6 is 0 Å². The smallest absolute Gasteiger partial charge is 0.337 e. The van der Waals surface area contributed by atoms with Gasteiger partial charge < -0.3 is 10.2 Å². The molecule has 0 radical (unpaired) electrons. The third-order valence-corrected chi connectivity index (χ3v) is 2.93. The molecule has 0 spiro atoms. The largest absolute Gasteiger partial charge is 0.479 e. The van der Waals surface area contributed by atoms with Gasteiger partial charge in [0.05, 0.1) is 0 Å². The molecule has 2 N–H and O–H groups in total. The second-order valence-corrected chi connectivity index (χ2v) is 4.94. The van der Waals surface area contributed by atoms with Crippen LogP contribution in [-0.2, 0) is 4.79 Å². The van der Waals surface area contributed by atoms with Crippen LogP contribution in [0.25, 0.3) is 0 Å². The van der Waals surface area contributed by atoms with Crippen LogP contribution in [0, 0.1) is 0 Å². The van der Waals surface area contributed by atoms with E-state index >= 15 is 0 Å². The molecule has 0 heterocycles. The van der Waals surface area contributed by atoms with Gasteiger partial charge in [-0.15, -0.1) is 0 Å². The molecule has 0 aliphatic rings. The average Bonchev–Trinajstić information content (AvgIpc) is 2.26. The van der Waals surface area contributed by atoms with Crippen LogP contribution in [0.2, 0.25) is 0 Å². The van der Waals surface area contributed by atoms with Gasteiger partial charge in [-0.3, -0.25) is 0 Å². The van der Waals surface area contributed by atoms with Crippen molar-refractivity contribution in [2.24, 2.45) is 0 Å². The number of carboxylic acids is 1. The Bertz CT molecular complexity index is 408. The van der Waals surface area contributed by atoms with E-state index in [0.29, 0.717) is 11.5 Å². The van der Waals surface area contributed by atoms with E-state index in [1.54, 1.807) is 6.07 Å². The molecule has 0 amide bonds. The van der Waals surface area contributed by atoms with Crippen molar-refractivity contribution in [2.45, 2.75) is 45.6 Å². The summed E-state index contributed by atoms with van der Waals surface area (Å²) in [5.74, 6) is -0.691. The van der Waals surface area contributed by atoms with Gasteiger partial charge >= 0.3 is 5.97 Å². The van der Waals surface area contributed by atoms with E-state index in [1.807, 2.05) is 39.8 Å². The van der Waals surface area contributed by atoms with E-state index in [-0.39, 0.29) is 5.92 Å². The standard InChI is InChI=1S/C14H20O3/c1-8(2)10-5-6-11(9(3)4)12(7-10)13(15)14(16)17/h5-9,13,15H,1-4H3,(H,16,17). The van der Waals surface area contributed by atoms with Crippen molar-refractivity contribution < 1.29 is 15.0 Å². The summed E-state index contributed by atoms with van der Waals surface area (Å²) in [6.45, 7) is 8.06. The van der Waals surface area contributed by atoms with Crippen molar-refractivity contribution in [2.75, 3.05) is 0 Å². The lowest BCUT2D eigenvalue weighted by molar-refractivity contribution is -0.147. The van der Waals surface area contributed by atoms with Gasteiger partial charge in [-0.05, 0) is 28.5 Å². The Hall–Kier alpha value is -1.35. The highest BCUT2D eigenvalue weighted by molar-refractivity contribution is 5.74. The average molecular weight is 236 g/mol. The van der Waals surface area contributed by atoms with Gasteiger partial charge in [0.15, 0.2) is 6.10 Å². The summed E-state index contributed by atoms with van der Waals surface area (Å²) in [6, 6.07) is 5.72. The Morgan fingerprint density at radius 3 is 2.06 bits per heavy atom. The third-order valence-electron chi connectivity index (χ3n) is 2.93. The highest BCUT2D eigenvalue weighted by Crippen LogP contribution is 2.28. The van der Waals surface area contributed by atoms with Crippen molar-refractivity contribution in [1.29, 1.82) is 0 Å². The normalized spacial score (nSPS) is 13.1. The molecular weight excluding hydrogens is 216 g/mol. The zero-order chi connectivity index (χ0) is 13.2. The number of aliphatic hydroxyl groups excluding tert-OH is 1. The molecule has 1 aromatic rings. The minimum Gasteiger partial charge on any atom is -0.479 e. The van der Waals surface area contributed by atoms with Crippen molar-refractivity contribution in [3.05, 3.63) is 34.9 Å². The fourth-order valence-electron chi connectivity index (χ4n) is 1.85. The highest BCUT2D eigenvalue weighted by Gasteiger charge is 2.21. The highest BCUT2D eigenvalue weighted by atomic mass is 16.4. The Balaban J connectivity index is 3.30. The Labute approximate surface area is 102 Å². The first-order valence-electron chi connectivity index (χ1n) is 5.89. The molecule has 94 valence electrons. The lowest BCUT2D eigenvalue weighted by Crippen LogP contribution is -2.14. The predicted molar refractivity (Wildman–Crippen MR) is 67.2 cm³/mol. The zero-order valence-electron chi connectivity index (χ0n) is 10.8. The maximum Gasteiger partial charge on any atom is 0.337 e. The van der Waals surface area contributed by atoms with Crippen LogP contribution in [0.3, 0.4) is 0 Å². The summed E-state index contributed by atoms with van der Waals surface area (Å²) in [5.41, 5.74) is 2.45. The number of hydrogen-bond donors (Lipinski definition) is 2. The number of carbonyl (C=O) groups is 1. The molecule has 0 aromatic heterocycles. The third kappa shape index (κ3) is 3.07. The van der Waals surface area contributed by atoms with E-state index in [1.165, 1.54) is 0 Å². The van der Waals surface area contributed by atoms with Crippen LogP contribution in [-0.4, -0.2) is 16.2 Å². The maximum atomic E-state index is 10.9. The minimum atomic E-state index is -1.44. The van der Waals surface area contributed by atoms with Crippen LogP contribution in [0.4, 0.5) is 0 Å². The molecule has 1 atom stereocenters. The summed E-state index contributed by atoms with van der Waals surface area (Å²) < 4.78 is 0. The molecule has 0 saturated carbocycles. The van der Waals surface area contributed by atoms with Crippen molar-refractivity contribution in [3.63, 3.8) is 0 Å². The fourth-order valence-corrected chi connectivity index (χ4v) is 1.85. The first kappa shape index (κ1) is 13.7. The van der Waals surface area contributed by atoms with Gasteiger partial charge in [-0.2, -0.15) is 0 Å². The summed E-state index contributed by atoms with van der Waals surface area (Å²) in [7, 11) is 0. The van der Waals surface area contributed by atoms with E-state index in [9.17, 15) is 9.90 Å². The lowest BCUT2D eigenvalue weighted by Gasteiger charge is -2.18. The molecule has 1 rings (SSSR count). The molecule has 3 nitrogen and oxygen atoms in total. The summed E-state index contributed by atoms with van der Waals surface area (Å²) >= 11 is 0. The second kappa shape index (κ2) is 5.32. The van der Waals surface area contributed by atoms with E-state index < -0.39 is 12.1 Å². The molecule has 0 aliphatic carbocycles. The molecule has 0 fully saturated rings. The Kier molecular flexibility index (Phi) is 4.29. The summed E-state index contributed by atoms with van der Waals surface area (Å²) in [5, 5.41) is 18.7. The number of hydrogen-bond acceptors (Lipinski definition) is 2. The molecule has 1 unspecified atom stereocenters. The van der Waals surface area contributed by atoms with Crippen LogP contribution in [0.1, 0.15) is 62.3 Å². The molecule has 0 aliphatic heterocycles. The number of aliphatic carboxylic acids is 1. The van der Waals surface area contributed by atoms with Gasteiger partial charge in [0.25, 0.3) is 0 Å². The van der Waals surface area contributed by atoms with Crippen molar-refractivity contribution in [1.82, 2.24) is 0 Å². The van der Waals surface area contributed by atoms with Crippen molar-refractivity contribution >= 4 is 5.97 Å². The molecule has 3 heteroatoms. The Morgan fingerprint density at radius 1 is 1.06 bits per heavy atom. The summed E-state index contributed by atoms with van der Waals surface area (Å²) in [6.07, 6.45) is -1.44. The minimum absolute atomic E-state index is 0.195. The SMILES string of the molecule is CC(C)c1ccc(C(C)C)c(C(O)C(=O)O)c1. The molecule has 0 saturated heterocycles. The number of carboxylic acid groups (broad SMARTS) is 1. The first-order valence-corrected chi connectivity index (χ1v) is 5.89. The van der Waals surface area contributed by atoms with Gasteiger partial charge in [-0.25, -0.2) is 4.79 Å². The lowest BCUT2D eigenvalue weighted by atomic mass is 9.89. The van der Waals surface area contributed by atoms with E-state index in [4.69, 9.17) is 5.11 Å². The van der Waals surface area contributed by atoms with E-state index in [0.717, 1.165) is 11.1 Å². The van der Waals surface area contributed by atoms with Crippen molar-refractivity contribution in [3.8, 4) is 0 Å². The summed E-state index contributed by atoms with van der Waals surface area (Å²) in [4.78, 5) is 10.9. The quantitative estimate of drug-likeness (QED) is 0.844. The predicted octanol–water partition coefficient (Wildman–Crippen LogP) is 3.05. The van der Waals surface area contributed by atoms with Crippen LogP contribution in [0.15, 0.2) is 18.2 Å². The number of aliphatic hydroxyl groups is 1. The second-order valence-electron chi connectivity index (χ2n) is 4.94. The molecule has 17 heavy (non-hydrogen) atoms. The van der Waals surface area contributed by atoms with E-state index in [2.05, 4.69) is 0 Å². The Morgan fingerprint density at radius 2 is 1.65 bits per heavy atom. The van der Waals surface area contributed by atoms with Crippen LogP contribution < -0.4 is 0 Å². The number of rotatable bonds is 4. The number of benzene rings is 1. The van der Waals surface area contributed by atoms with Gasteiger partial charge in [0, 0.05) is 0 Å². The molecular formula is C14H20O3. The first-order chi connectivity index (χ1) is 7.84. The monoisotopic (exact) mass is 236 g/mol. The van der Waals surface area contributed by atoms with Gasteiger partial charge in [0.2, 0.25) is 0 Å². The topological polar surface area (TPSA) is 57.5 Å². The zero-order valence-corrected chi connectivity index (χ0v) is 10.8. The molecule has 1 aromatic carbocycles. The fraction of sp³-hybridized carbons (Fsp3) is 0.500. The van der Waals surface area contributed by atoms with Gasteiger partial charge in [-0.1, -0.05) is 45.9 Å². The van der Waals surface area contributed by atoms with Gasteiger partial charge in [0.1, 0.15) is 0 Å². The molecule has 0 bridgehead atoms. The maximum absolute atomic E-state index is 10.9.